The van der Waals surface area contributed by atoms with Gasteiger partial charge in [0, 0.05) is 11.3 Å². The highest BCUT2D eigenvalue weighted by molar-refractivity contribution is 4.76. The number of likely N-dealkylation sites (tertiary alicyclic amines) is 1. The Bertz CT molecular complexity index is 207. The Kier molecular flexibility index (Phi) is 3.41. The van der Waals surface area contributed by atoms with Gasteiger partial charge in [-0.3, -0.25) is 0 Å². The minimum Gasteiger partial charge on any atom is -0.322 e. The van der Waals surface area contributed by atoms with E-state index in [1.165, 1.54) is 30.4 Å². The SMILES string of the molecule is C=CC[N+]1(C)CC(C)CCC(C)(C)C1. The van der Waals surface area contributed by atoms with Crippen molar-refractivity contribution in [1.29, 1.82) is 0 Å². The minimum atomic E-state index is 0.503. The summed E-state index contributed by atoms with van der Waals surface area (Å²) >= 11 is 0. The smallest absolute Gasteiger partial charge is 0.0969 e. The molecular formula is C13H26N+. The highest BCUT2D eigenvalue weighted by Crippen LogP contribution is 2.33. The van der Waals surface area contributed by atoms with E-state index in [1.807, 2.05) is 0 Å². The number of quaternary nitrogens is 1. The Morgan fingerprint density at radius 3 is 2.71 bits per heavy atom. The summed E-state index contributed by atoms with van der Waals surface area (Å²) in [5.74, 6) is 0.863. The Labute approximate surface area is 89.4 Å². The molecular weight excluding hydrogens is 170 g/mol. The normalized spacial score (nSPS) is 37.6. The van der Waals surface area contributed by atoms with Crippen LogP contribution >= 0.6 is 0 Å². The molecule has 2 unspecified atom stereocenters. The van der Waals surface area contributed by atoms with Gasteiger partial charge in [0.05, 0.1) is 26.7 Å². The summed E-state index contributed by atoms with van der Waals surface area (Å²) in [6.45, 7) is 14.8. The van der Waals surface area contributed by atoms with E-state index in [9.17, 15) is 0 Å². The number of hydrogen-bond donors (Lipinski definition) is 0. The molecule has 0 aliphatic carbocycles. The molecule has 1 aliphatic heterocycles. The molecule has 0 aromatic carbocycles. The van der Waals surface area contributed by atoms with Crippen LogP contribution in [0, 0.1) is 11.3 Å². The Balaban J connectivity index is 2.77. The molecule has 0 spiro atoms. The van der Waals surface area contributed by atoms with Crippen molar-refractivity contribution in [3.05, 3.63) is 12.7 Å². The average Bonchev–Trinajstić information content (AvgIpc) is 2.08. The lowest BCUT2D eigenvalue weighted by Gasteiger charge is -2.38. The lowest BCUT2D eigenvalue weighted by atomic mass is 9.86. The molecule has 0 aromatic rings. The zero-order valence-corrected chi connectivity index (χ0v) is 10.3. The second kappa shape index (κ2) is 4.06. The van der Waals surface area contributed by atoms with Crippen LogP contribution in [0.5, 0.6) is 0 Å². The molecule has 82 valence electrons. The van der Waals surface area contributed by atoms with Crippen molar-refractivity contribution in [2.24, 2.45) is 11.3 Å². The Morgan fingerprint density at radius 2 is 2.14 bits per heavy atom. The molecule has 0 N–H and O–H groups in total. The largest absolute Gasteiger partial charge is 0.322 e. The van der Waals surface area contributed by atoms with Crippen molar-refractivity contribution in [3.8, 4) is 0 Å². The summed E-state index contributed by atoms with van der Waals surface area (Å²) in [5.41, 5.74) is 0.503. The van der Waals surface area contributed by atoms with E-state index in [-0.39, 0.29) is 0 Å². The minimum absolute atomic E-state index is 0.503. The Morgan fingerprint density at radius 1 is 1.50 bits per heavy atom. The molecule has 1 aliphatic rings. The third-order valence-corrected chi connectivity index (χ3v) is 3.45. The highest BCUT2D eigenvalue weighted by atomic mass is 15.3. The van der Waals surface area contributed by atoms with Crippen LogP contribution in [0.15, 0.2) is 12.7 Å². The number of likely N-dealkylation sites (N-methyl/N-ethyl adjacent to an activating group) is 1. The van der Waals surface area contributed by atoms with Crippen LogP contribution in [0.3, 0.4) is 0 Å². The molecule has 0 amide bonds. The second-order valence-corrected chi connectivity index (χ2v) is 6.24. The van der Waals surface area contributed by atoms with Crippen LogP contribution in [-0.2, 0) is 0 Å². The van der Waals surface area contributed by atoms with Gasteiger partial charge in [0.25, 0.3) is 0 Å². The first kappa shape index (κ1) is 11.8. The molecule has 1 heteroatoms. The molecule has 2 atom stereocenters. The zero-order chi connectivity index (χ0) is 10.8. The van der Waals surface area contributed by atoms with E-state index in [1.54, 1.807) is 0 Å². The molecule has 0 aromatic heterocycles. The Hall–Kier alpha value is -0.300. The van der Waals surface area contributed by atoms with E-state index < -0.39 is 0 Å². The maximum atomic E-state index is 3.89. The van der Waals surface area contributed by atoms with Crippen molar-refractivity contribution < 1.29 is 4.48 Å². The van der Waals surface area contributed by atoms with Gasteiger partial charge in [-0.25, -0.2) is 0 Å². The van der Waals surface area contributed by atoms with Crippen molar-refractivity contribution in [2.45, 2.75) is 33.6 Å². The van der Waals surface area contributed by atoms with Crippen LogP contribution < -0.4 is 0 Å². The van der Waals surface area contributed by atoms with Gasteiger partial charge < -0.3 is 4.48 Å². The molecule has 0 radical (unpaired) electrons. The van der Waals surface area contributed by atoms with Gasteiger partial charge in [0.15, 0.2) is 0 Å². The summed E-state index contributed by atoms with van der Waals surface area (Å²) in [6.07, 6.45) is 4.84. The molecule has 1 nitrogen and oxygen atoms in total. The molecule has 1 fully saturated rings. The molecule has 0 saturated carbocycles. The average molecular weight is 196 g/mol. The molecule has 1 rings (SSSR count). The predicted molar refractivity (Wildman–Crippen MR) is 63.2 cm³/mol. The van der Waals surface area contributed by atoms with E-state index in [4.69, 9.17) is 0 Å². The summed E-state index contributed by atoms with van der Waals surface area (Å²) in [4.78, 5) is 0. The van der Waals surface area contributed by atoms with Gasteiger partial charge in [-0.15, -0.1) is 0 Å². The standard InChI is InChI=1S/C13H26N/c1-6-9-14(5)10-12(2)7-8-13(3,4)11-14/h6,12H,1,7-11H2,2-5H3/q+1. The molecule has 1 saturated heterocycles. The first-order chi connectivity index (χ1) is 6.37. The molecule has 1 heterocycles. The van der Waals surface area contributed by atoms with Gasteiger partial charge in [-0.05, 0) is 18.9 Å². The number of rotatable bonds is 2. The van der Waals surface area contributed by atoms with Crippen molar-refractivity contribution >= 4 is 0 Å². The third-order valence-electron chi connectivity index (χ3n) is 3.45. The van der Waals surface area contributed by atoms with E-state index >= 15 is 0 Å². The summed E-state index contributed by atoms with van der Waals surface area (Å²) < 4.78 is 1.18. The molecule has 0 bridgehead atoms. The molecule has 14 heavy (non-hydrogen) atoms. The monoisotopic (exact) mass is 196 g/mol. The number of hydrogen-bond acceptors (Lipinski definition) is 0. The van der Waals surface area contributed by atoms with Crippen LogP contribution in [0.1, 0.15) is 33.6 Å². The van der Waals surface area contributed by atoms with E-state index in [0.29, 0.717) is 5.41 Å². The van der Waals surface area contributed by atoms with Crippen molar-refractivity contribution in [2.75, 3.05) is 26.7 Å². The van der Waals surface area contributed by atoms with Gasteiger partial charge in [0.1, 0.15) is 0 Å². The fraction of sp³-hybridized carbons (Fsp3) is 0.846. The maximum absolute atomic E-state index is 3.89. The maximum Gasteiger partial charge on any atom is 0.0969 e. The first-order valence-electron chi connectivity index (χ1n) is 5.81. The van der Waals surface area contributed by atoms with Crippen LogP contribution in [0.2, 0.25) is 0 Å². The second-order valence-electron chi connectivity index (χ2n) is 6.24. The lowest BCUT2D eigenvalue weighted by molar-refractivity contribution is -0.911. The lowest BCUT2D eigenvalue weighted by Crippen LogP contribution is -2.50. The summed E-state index contributed by atoms with van der Waals surface area (Å²) in [5, 5.41) is 0. The zero-order valence-electron chi connectivity index (χ0n) is 10.3. The van der Waals surface area contributed by atoms with E-state index in [0.717, 1.165) is 12.5 Å². The van der Waals surface area contributed by atoms with Gasteiger partial charge in [-0.1, -0.05) is 27.4 Å². The summed E-state index contributed by atoms with van der Waals surface area (Å²) in [7, 11) is 2.38. The fourth-order valence-corrected chi connectivity index (χ4v) is 3.11. The van der Waals surface area contributed by atoms with Crippen LogP contribution in [0.4, 0.5) is 0 Å². The van der Waals surface area contributed by atoms with Gasteiger partial charge in [0.2, 0.25) is 0 Å². The van der Waals surface area contributed by atoms with Gasteiger partial charge in [-0.2, -0.15) is 0 Å². The fourth-order valence-electron chi connectivity index (χ4n) is 3.11. The first-order valence-corrected chi connectivity index (χ1v) is 5.81. The van der Waals surface area contributed by atoms with E-state index in [2.05, 4.69) is 40.5 Å². The van der Waals surface area contributed by atoms with Gasteiger partial charge >= 0.3 is 0 Å². The predicted octanol–water partition coefficient (Wildman–Crippen LogP) is 3.08. The van der Waals surface area contributed by atoms with Crippen molar-refractivity contribution in [3.63, 3.8) is 0 Å². The number of nitrogens with zero attached hydrogens (tertiary/aromatic N) is 1. The quantitative estimate of drug-likeness (QED) is 0.470. The van der Waals surface area contributed by atoms with Crippen molar-refractivity contribution in [1.82, 2.24) is 0 Å². The third kappa shape index (κ3) is 3.13. The van der Waals surface area contributed by atoms with Crippen LogP contribution in [-0.4, -0.2) is 31.2 Å². The van der Waals surface area contributed by atoms with Crippen LogP contribution in [0.25, 0.3) is 0 Å². The topological polar surface area (TPSA) is 0 Å². The summed E-state index contributed by atoms with van der Waals surface area (Å²) in [6, 6.07) is 0. The highest BCUT2D eigenvalue weighted by Gasteiger charge is 2.35.